The van der Waals surface area contributed by atoms with E-state index in [4.69, 9.17) is 10.7 Å². The van der Waals surface area contributed by atoms with Crippen LogP contribution in [-0.2, 0) is 0 Å². The molecule has 86 valence electrons. The monoisotopic (exact) mass is 236 g/mol. The zero-order valence-corrected chi connectivity index (χ0v) is 11.3. The van der Waals surface area contributed by atoms with E-state index in [1.54, 1.807) is 0 Å². The van der Waals surface area contributed by atoms with Gasteiger partial charge in [-0.25, -0.2) is 0 Å². The molecule has 0 amide bonds. The topological polar surface area (TPSA) is 0 Å². The molecular formula is C12H25ClS. The highest BCUT2D eigenvalue weighted by Crippen LogP contribution is 2.14. The Labute approximate surface area is 98.7 Å². The lowest BCUT2D eigenvalue weighted by molar-refractivity contribution is 0.511. The standard InChI is InChI=1S/C12H25ClS/c1-12(2)10-8-6-4-3-5-7-9-11-14-13/h12H,3-11H2,1-2H3. The molecule has 0 saturated carbocycles. The third kappa shape index (κ3) is 12.6. The maximum atomic E-state index is 5.53. The maximum absolute atomic E-state index is 5.53. The second kappa shape index (κ2) is 11.7. The minimum atomic E-state index is 0.885. The van der Waals surface area contributed by atoms with Gasteiger partial charge in [0.15, 0.2) is 0 Å². The van der Waals surface area contributed by atoms with Crippen molar-refractivity contribution in [1.82, 2.24) is 0 Å². The molecule has 0 aromatic rings. The first-order valence-electron chi connectivity index (χ1n) is 6.01. The zero-order valence-electron chi connectivity index (χ0n) is 9.73. The Morgan fingerprint density at radius 1 is 0.857 bits per heavy atom. The predicted octanol–water partition coefficient (Wildman–Crippen LogP) is 5.65. The van der Waals surface area contributed by atoms with Gasteiger partial charge in [-0.2, -0.15) is 0 Å². The van der Waals surface area contributed by atoms with E-state index in [1.165, 1.54) is 62.3 Å². The molecule has 0 aromatic heterocycles. The summed E-state index contributed by atoms with van der Waals surface area (Å²) >= 11 is 0. The summed E-state index contributed by atoms with van der Waals surface area (Å²) in [6.07, 6.45) is 11.2. The number of rotatable bonds is 10. The molecule has 0 radical (unpaired) electrons. The van der Waals surface area contributed by atoms with Crippen LogP contribution < -0.4 is 0 Å². The van der Waals surface area contributed by atoms with Crippen LogP contribution in [0, 0.1) is 5.92 Å². The minimum absolute atomic E-state index is 0.885. The van der Waals surface area contributed by atoms with Gasteiger partial charge in [0.25, 0.3) is 0 Å². The average Bonchev–Trinajstić information content (AvgIpc) is 2.15. The number of hydrogen-bond acceptors (Lipinski definition) is 1. The summed E-state index contributed by atoms with van der Waals surface area (Å²) in [5, 5.41) is 0. The lowest BCUT2D eigenvalue weighted by Gasteiger charge is -2.04. The molecule has 2 heteroatoms. The van der Waals surface area contributed by atoms with Crippen molar-refractivity contribution in [1.29, 1.82) is 0 Å². The quantitative estimate of drug-likeness (QED) is 0.442. The van der Waals surface area contributed by atoms with Gasteiger partial charge in [0.1, 0.15) is 0 Å². The smallest absolute Gasteiger partial charge is 0.00852 e. The Bertz CT molecular complexity index is 104. The fraction of sp³-hybridized carbons (Fsp3) is 1.00. The Balaban J connectivity index is 2.85. The maximum Gasteiger partial charge on any atom is 0.00852 e. The fourth-order valence-corrected chi connectivity index (χ4v) is 2.23. The SMILES string of the molecule is CC(C)CCCCCCCCCSCl. The molecule has 0 aliphatic carbocycles. The van der Waals surface area contributed by atoms with Crippen LogP contribution in [0.3, 0.4) is 0 Å². The third-order valence-electron chi connectivity index (χ3n) is 2.50. The Hall–Kier alpha value is 0.640. The van der Waals surface area contributed by atoms with Gasteiger partial charge >= 0.3 is 0 Å². The van der Waals surface area contributed by atoms with Crippen molar-refractivity contribution < 1.29 is 0 Å². The van der Waals surface area contributed by atoms with Gasteiger partial charge in [0.05, 0.1) is 0 Å². The number of unbranched alkanes of at least 4 members (excludes halogenated alkanes) is 6. The molecule has 0 rings (SSSR count). The van der Waals surface area contributed by atoms with Crippen molar-refractivity contribution in [3.63, 3.8) is 0 Å². The minimum Gasteiger partial charge on any atom is -0.0628 e. The fourth-order valence-electron chi connectivity index (χ4n) is 1.59. The van der Waals surface area contributed by atoms with Gasteiger partial charge in [-0.1, -0.05) is 69.8 Å². The van der Waals surface area contributed by atoms with Crippen LogP contribution in [0.5, 0.6) is 0 Å². The molecule has 0 aliphatic heterocycles. The van der Waals surface area contributed by atoms with E-state index >= 15 is 0 Å². The van der Waals surface area contributed by atoms with Gasteiger partial charge in [0.2, 0.25) is 0 Å². The molecule has 0 bridgehead atoms. The summed E-state index contributed by atoms with van der Waals surface area (Å²) in [6.45, 7) is 4.62. The van der Waals surface area contributed by atoms with Crippen molar-refractivity contribution in [2.45, 2.75) is 65.2 Å². The summed E-state index contributed by atoms with van der Waals surface area (Å²) in [7, 11) is 6.98. The summed E-state index contributed by atoms with van der Waals surface area (Å²) in [6, 6.07) is 0. The lowest BCUT2D eigenvalue weighted by atomic mass is 10.0. The van der Waals surface area contributed by atoms with E-state index < -0.39 is 0 Å². The zero-order chi connectivity index (χ0) is 10.6. The molecule has 0 nitrogen and oxygen atoms in total. The Kier molecular flexibility index (Phi) is 12.2. The van der Waals surface area contributed by atoms with Gasteiger partial charge in [0, 0.05) is 5.75 Å². The summed E-state index contributed by atoms with van der Waals surface area (Å²) in [5.74, 6) is 2.00. The van der Waals surface area contributed by atoms with Crippen molar-refractivity contribution in [3.8, 4) is 0 Å². The van der Waals surface area contributed by atoms with Gasteiger partial charge in [-0.05, 0) is 23.0 Å². The van der Waals surface area contributed by atoms with E-state index in [2.05, 4.69) is 13.8 Å². The molecule has 0 atom stereocenters. The van der Waals surface area contributed by atoms with Crippen LogP contribution in [0.1, 0.15) is 65.2 Å². The van der Waals surface area contributed by atoms with Crippen molar-refractivity contribution in [3.05, 3.63) is 0 Å². The van der Waals surface area contributed by atoms with Crippen LogP contribution in [0.2, 0.25) is 0 Å². The van der Waals surface area contributed by atoms with Crippen LogP contribution in [0.4, 0.5) is 0 Å². The van der Waals surface area contributed by atoms with Crippen molar-refractivity contribution in [2.75, 3.05) is 5.75 Å². The molecule has 0 spiro atoms. The molecule has 0 fully saturated rings. The summed E-state index contributed by atoms with van der Waals surface area (Å²) in [4.78, 5) is 0. The van der Waals surface area contributed by atoms with Gasteiger partial charge < -0.3 is 0 Å². The summed E-state index contributed by atoms with van der Waals surface area (Å²) < 4.78 is 0. The van der Waals surface area contributed by atoms with E-state index in [-0.39, 0.29) is 0 Å². The second-order valence-corrected chi connectivity index (χ2v) is 5.75. The molecule has 14 heavy (non-hydrogen) atoms. The normalized spacial score (nSPS) is 11.1. The van der Waals surface area contributed by atoms with Gasteiger partial charge in [-0.15, -0.1) is 0 Å². The van der Waals surface area contributed by atoms with Crippen LogP contribution in [0.15, 0.2) is 0 Å². The average molecular weight is 237 g/mol. The highest BCUT2D eigenvalue weighted by Gasteiger charge is 1.94. The van der Waals surface area contributed by atoms with Crippen LogP contribution in [-0.4, -0.2) is 5.75 Å². The number of halogens is 1. The first kappa shape index (κ1) is 14.6. The highest BCUT2D eigenvalue weighted by atomic mass is 35.7. The molecule has 0 heterocycles. The predicted molar refractivity (Wildman–Crippen MR) is 70.1 cm³/mol. The summed E-state index contributed by atoms with van der Waals surface area (Å²) in [5.41, 5.74) is 0. The number of hydrogen-bond donors (Lipinski definition) is 0. The third-order valence-corrected chi connectivity index (χ3v) is 3.41. The first-order chi connectivity index (χ1) is 6.77. The molecule has 0 aliphatic rings. The molecule has 0 unspecified atom stereocenters. The Morgan fingerprint density at radius 2 is 1.36 bits per heavy atom. The highest BCUT2D eigenvalue weighted by molar-refractivity contribution is 8.21. The molecular weight excluding hydrogens is 212 g/mol. The molecule has 0 N–H and O–H groups in total. The largest absolute Gasteiger partial charge is 0.0628 e. The molecule has 0 saturated heterocycles. The van der Waals surface area contributed by atoms with Crippen molar-refractivity contribution in [2.24, 2.45) is 5.92 Å². The van der Waals surface area contributed by atoms with E-state index in [0.717, 1.165) is 11.7 Å². The second-order valence-electron chi connectivity index (χ2n) is 4.47. The van der Waals surface area contributed by atoms with E-state index in [9.17, 15) is 0 Å². The molecule has 0 aromatic carbocycles. The van der Waals surface area contributed by atoms with Crippen LogP contribution in [0.25, 0.3) is 0 Å². The van der Waals surface area contributed by atoms with E-state index in [0.29, 0.717) is 0 Å². The van der Waals surface area contributed by atoms with Gasteiger partial charge in [-0.3, -0.25) is 0 Å². The van der Waals surface area contributed by atoms with Crippen LogP contribution >= 0.6 is 21.7 Å². The van der Waals surface area contributed by atoms with Crippen molar-refractivity contribution >= 4 is 21.7 Å². The Morgan fingerprint density at radius 3 is 1.86 bits per heavy atom. The van der Waals surface area contributed by atoms with E-state index in [1.807, 2.05) is 0 Å². The first-order valence-corrected chi connectivity index (χ1v) is 7.82. The lowest BCUT2D eigenvalue weighted by Crippen LogP contribution is -1.87.